The number of hydrogen-bond acceptors (Lipinski definition) is 1. The normalized spacial score (nSPS) is 10.5. The fourth-order valence-corrected chi connectivity index (χ4v) is 2.63. The van der Waals surface area contributed by atoms with Crippen LogP contribution in [-0.2, 0) is 11.2 Å². The topological polar surface area (TPSA) is 29.1 Å². The van der Waals surface area contributed by atoms with E-state index in [9.17, 15) is 4.79 Å². The van der Waals surface area contributed by atoms with Crippen molar-refractivity contribution in [3.05, 3.63) is 75.9 Å². The highest BCUT2D eigenvalue weighted by molar-refractivity contribution is 14.1. The van der Waals surface area contributed by atoms with Crippen LogP contribution in [0.5, 0.6) is 0 Å². The number of nitrogens with one attached hydrogen (secondary N) is 1. The molecule has 1 N–H and O–H groups in total. The average Bonchev–Trinajstić information content (AvgIpc) is 2.49. The van der Waals surface area contributed by atoms with E-state index in [-0.39, 0.29) is 5.91 Å². The number of benzene rings is 3. The van der Waals surface area contributed by atoms with Gasteiger partial charge in [-0.2, -0.15) is 0 Å². The standard InChI is InChI=1S/C18H14INO/c19-16-7-9-17(10-8-16)20-18(21)12-13-5-6-14-3-1-2-4-15(14)11-13/h1-11H,12H2,(H,20,21). The van der Waals surface area contributed by atoms with E-state index in [1.54, 1.807) is 0 Å². The van der Waals surface area contributed by atoms with Crippen LogP contribution in [0, 0.1) is 3.57 Å². The van der Waals surface area contributed by atoms with E-state index in [0.29, 0.717) is 6.42 Å². The van der Waals surface area contributed by atoms with E-state index >= 15 is 0 Å². The molecular weight excluding hydrogens is 373 g/mol. The van der Waals surface area contributed by atoms with Crippen LogP contribution in [0.1, 0.15) is 5.56 Å². The Kier molecular flexibility index (Phi) is 4.20. The molecule has 0 saturated carbocycles. The SMILES string of the molecule is O=C(Cc1ccc2ccccc2c1)Nc1ccc(I)cc1. The minimum atomic E-state index is 0.00601. The third kappa shape index (κ3) is 3.61. The van der Waals surface area contributed by atoms with Crippen molar-refractivity contribution in [3.63, 3.8) is 0 Å². The monoisotopic (exact) mass is 387 g/mol. The van der Waals surface area contributed by atoms with E-state index in [4.69, 9.17) is 0 Å². The average molecular weight is 387 g/mol. The van der Waals surface area contributed by atoms with Gasteiger partial charge in [-0.15, -0.1) is 0 Å². The minimum Gasteiger partial charge on any atom is -0.326 e. The maximum Gasteiger partial charge on any atom is 0.228 e. The Morgan fingerprint density at radius 2 is 1.62 bits per heavy atom. The Morgan fingerprint density at radius 1 is 0.905 bits per heavy atom. The fraction of sp³-hybridized carbons (Fsp3) is 0.0556. The molecule has 21 heavy (non-hydrogen) atoms. The molecule has 0 spiro atoms. The van der Waals surface area contributed by atoms with Crippen molar-refractivity contribution in [2.45, 2.75) is 6.42 Å². The van der Waals surface area contributed by atoms with Crippen LogP contribution in [0.25, 0.3) is 10.8 Å². The van der Waals surface area contributed by atoms with Crippen molar-refractivity contribution in [2.24, 2.45) is 0 Å². The lowest BCUT2D eigenvalue weighted by atomic mass is 10.0. The predicted molar refractivity (Wildman–Crippen MR) is 95.4 cm³/mol. The highest BCUT2D eigenvalue weighted by Gasteiger charge is 2.05. The maximum absolute atomic E-state index is 12.1. The fourth-order valence-electron chi connectivity index (χ4n) is 2.27. The van der Waals surface area contributed by atoms with Gasteiger partial charge in [-0.3, -0.25) is 4.79 Å². The number of rotatable bonds is 3. The lowest BCUT2D eigenvalue weighted by Gasteiger charge is -2.06. The van der Waals surface area contributed by atoms with Gasteiger partial charge in [0.15, 0.2) is 0 Å². The lowest BCUT2D eigenvalue weighted by Crippen LogP contribution is -2.14. The Bertz CT molecular complexity index is 781. The van der Waals surface area contributed by atoms with E-state index in [1.165, 1.54) is 5.39 Å². The highest BCUT2D eigenvalue weighted by atomic mass is 127. The molecule has 0 saturated heterocycles. The molecule has 0 aliphatic carbocycles. The van der Waals surface area contributed by atoms with Crippen molar-refractivity contribution in [3.8, 4) is 0 Å². The van der Waals surface area contributed by atoms with Crippen LogP contribution < -0.4 is 5.32 Å². The number of anilines is 1. The van der Waals surface area contributed by atoms with Gasteiger partial charge in [0.2, 0.25) is 5.91 Å². The van der Waals surface area contributed by atoms with Crippen LogP contribution >= 0.6 is 22.6 Å². The molecule has 0 unspecified atom stereocenters. The van der Waals surface area contributed by atoms with Gasteiger partial charge < -0.3 is 5.32 Å². The maximum atomic E-state index is 12.1. The van der Waals surface area contributed by atoms with Gasteiger partial charge in [-0.1, -0.05) is 42.5 Å². The van der Waals surface area contributed by atoms with E-state index in [1.807, 2.05) is 42.5 Å². The van der Waals surface area contributed by atoms with Gasteiger partial charge in [0, 0.05) is 9.26 Å². The number of carbonyl (C=O) groups excluding carboxylic acids is 1. The first-order chi connectivity index (χ1) is 10.2. The summed E-state index contributed by atoms with van der Waals surface area (Å²) in [5.74, 6) is 0.00601. The molecule has 0 bridgehead atoms. The summed E-state index contributed by atoms with van der Waals surface area (Å²) in [6.07, 6.45) is 0.386. The van der Waals surface area contributed by atoms with Gasteiger partial charge in [-0.25, -0.2) is 0 Å². The summed E-state index contributed by atoms with van der Waals surface area (Å²) >= 11 is 2.24. The van der Waals surface area contributed by atoms with Crippen molar-refractivity contribution in [1.82, 2.24) is 0 Å². The van der Waals surface area contributed by atoms with Crippen LogP contribution in [0.3, 0.4) is 0 Å². The molecule has 0 radical (unpaired) electrons. The first-order valence-corrected chi connectivity index (χ1v) is 7.82. The predicted octanol–water partition coefficient (Wildman–Crippen LogP) is 4.63. The molecule has 2 nitrogen and oxygen atoms in total. The molecule has 3 aromatic rings. The van der Waals surface area contributed by atoms with Gasteiger partial charge in [0.1, 0.15) is 0 Å². The Balaban J connectivity index is 1.72. The lowest BCUT2D eigenvalue weighted by molar-refractivity contribution is -0.115. The summed E-state index contributed by atoms with van der Waals surface area (Å²) in [4.78, 5) is 12.1. The smallest absolute Gasteiger partial charge is 0.228 e. The molecule has 0 heterocycles. The first kappa shape index (κ1) is 14.1. The van der Waals surface area contributed by atoms with Crippen molar-refractivity contribution in [2.75, 3.05) is 5.32 Å². The summed E-state index contributed by atoms with van der Waals surface area (Å²) < 4.78 is 1.15. The number of fused-ring (bicyclic) bond motifs is 1. The van der Waals surface area contributed by atoms with Crippen molar-refractivity contribution in [1.29, 1.82) is 0 Å². The van der Waals surface area contributed by atoms with Gasteiger partial charge in [0.25, 0.3) is 0 Å². The number of amides is 1. The highest BCUT2D eigenvalue weighted by Crippen LogP contribution is 2.17. The zero-order chi connectivity index (χ0) is 14.7. The second-order valence-electron chi connectivity index (χ2n) is 4.91. The first-order valence-electron chi connectivity index (χ1n) is 6.74. The van der Waals surface area contributed by atoms with Gasteiger partial charge in [0.05, 0.1) is 6.42 Å². The molecule has 0 fully saturated rings. The number of carbonyl (C=O) groups is 1. The second kappa shape index (κ2) is 6.26. The molecular formula is C18H14INO. The van der Waals surface area contributed by atoms with Gasteiger partial charge >= 0.3 is 0 Å². The Labute approximate surface area is 137 Å². The van der Waals surface area contributed by atoms with E-state index in [0.717, 1.165) is 20.2 Å². The van der Waals surface area contributed by atoms with E-state index < -0.39 is 0 Å². The van der Waals surface area contributed by atoms with Crippen LogP contribution in [0.2, 0.25) is 0 Å². The number of halogens is 1. The summed E-state index contributed by atoms with van der Waals surface area (Å²) in [6.45, 7) is 0. The van der Waals surface area contributed by atoms with Crippen LogP contribution in [0.4, 0.5) is 5.69 Å². The molecule has 104 valence electrons. The Hall–Kier alpha value is -1.88. The zero-order valence-corrected chi connectivity index (χ0v) is 13.5. The van der Waals surface area contributed by atoms with Gasteiger partial charge in [-0.05, 0) is 63.2 Å². The molecule has 0 aliphatic rings. The third-order valence-electron chi connectivity index (χ3n) is 3.31. The molecule has 3 aromatic carbocycles. The molecule has 3 rings (SSSR count). The molecule has 0 aromatic heterocycles. The minimum absolute atomic E-state index is 0.00601. The molecule has 0 aliphatic heterocycles. The molecule has 3 heteroatoms. The van der Waals surface area contributed by atoms with Crippen molar-refractivity contribution < 1.29 is 4.79 Å². The van der Waals surface area contributed by atoms with Crippen molar-refractivity contribution >= 4 is 45.0 Å². The largest absolute Gasteiger partial charge is 0.326 e. The van der Waals surface area contributed by atoms with Crippen LogP contribution in [-0.4, -0.2) is 5.91 Å². The Morgan fingerprint density at radius 3 is 2.38 bits per heavy atom. The van der Waals surface area contributed by atoms with Crippen LogP contribution in [0.15, 0.2) is 66.7 Å². The quantitative estimate of drug-likeness (QED) is 0.653. The molecule has 0 atom stereocenters. The summed E-state index contributed by atoms with van der Waals surface area (Å²) in [5, 5.41) is 5.28. The summed E-state index contributed by atoms with van der Waals surface area (Å²) in [6, 6.07) is 22.1. The van der Waals surface area contributed by atoms with E-state index in [2.05, 4.69) is 52.2 Å². The summed E-state index contributed by atoms with van der Waals surface area (Å²) in [7, 11) is 0. The third-order valence-corrected chi connectivity index (χ3v) is 4.03. The zero-order valence-electron chi connectivity index (χ0n) is 11.3. The molecule has 1 amide bonds. The number of hydrogen-bond donors (Lipinski definition) is 1. The second-order valence-corrected chi connectivity index (χ2v) is 6.16. The summed E-state index contributed by atoms with van der Waals surface area (Å²) in [5.41, 5.74) is 1.86.